The molecule has 2 aromatic heterocycles. The Hall–Kier alpha value is -2.48. The number of fused-ring (bicyclic) bond motifs is 3. The fraction of sp³-hybridized carbons (Fsp3) is 0.613. The number of aryl methyl sites for hydroxylation is 2. The molecular formula is C31H46N2O5. The highest BCUT2D eigenvalue weighted by atomic mass is 16.6. The molecule has 0 aliphatic carbocycles. The molecule has 0 saturated carbocycles. The standard InChI is InChI=1S/C31H46N2O5/c1-5-6-7-8-9-10-11-12-15-37-28-22-24(2)32-30-26(28)13-14-27-29(23-25(3)33-31(27)30)38-21-20-36-19-18-35-17-16-34-4/h13-14,22-23H,5-12,15-21H2,1-4H3. The lowest BCUT2D eigenvalue weighted by molar-refractivity contribution is 0.0180. The number of hydrogen-bond donors (Lipinski definition) is 0. The summed E-state index contributed by atoms with van der Waals surface area (Å²) in [6, 6.07) is 8.13. The Morgan fingerprint density at radius 3 is 1.61 bits per heavy atom. The van der Waals surface area contributed by atoms with Crippen LogP contribution in [-0.4, -0.2) is 63.3 Å². The lowest BCUT2D eigenvalue weighted by Gasteiger charge is -2.14. The molecule has 3 aromatic rings. The molecule has 0 fully saturated rings. The van der Waals surface area contributed by atoms with E-state index in [1.54, 1.807) is 7.11 Å². The van der Waals surface area contributed by atoms with E-state index in [4.69, 9.17) is 33.7 Å². The SMILES string of the molecule is CCCCCCCCCCOc1cc(C)nc2c1ccc1c(OCCOCCOCCOC)cc(C)nc12. The minimum atomic E-state index is 0.447. The Morgan fingerprint density at radius 2 is 1.05 bits per heavy atom. The average molecular weight is 527 g/mol. The van der Waals surface area contributed by atoms with E-state index in [9.17, 15) is 0 Å². The third-order valence-corrected chi connectivity index (χ3v) is 6.48. The van der Waals surface area contributed by atoms with Gasteiger partial charge in [0.05, 0.1) is 39.6 Å². The molecule has 0 unspecified atom stereocenters. The Labute approximate surface area is 228 Å². The molecule has 0 bridgehead atoms. The van der Waals surface area contributed by atoms with Gasteiger partial charge in [0.1, 0.15) is 29.1 Å². The second kappa shape index (κ2) is 17.2. The second-order valence-electron chi connectivity index (χ2n) is 9.77. The van der Waals surface area contributed by atoms with E-state index in [0.717, 1.165) is 57.7 Å². The van der Waals surface area contributed by atoms with Crippen LogP contribution in [0.15, 0.2) is 24.3 Å². The van der Waals surface area contributed by atoms with Gasteiger partial charge in [-0.3, -0.25) is 9.97 Å². The molecule has 0 aliphatic heterocycles. The molecule has 3 rings (SSSR count). The summed E-state index contributed by atoms with van der Waals surface area (Å²) in [7, 11) is 1.66. The zero-order valence-electron chi connectivity index (χ0n) is 23.9. The highest BCUT2D eigenvalue weighted by molar-refractivity contribution is 6.07. The predicted octanol–water partition coefficient (Wildman–Crippen LogP) is 6.98. The fourth-order valence-electron chi connectivity index (χ4n) is 4.49. The van der Waals surface area contributed by atoms with Crippen LogP contribution in [0, 0.1) is 13.8 Å². The van der Waals surface area contributed by atoms with Crippen molar-refractivity contribution in [3.05, 3.63) is 35.7 Å². The molecule has 0 radical (unpaired) electrons. The summed E-state index contributed by atoms with van der Waals surface area (Å²) < 4.78 is 28.4. The van der Waals surface area contributed by atoms with Gasteiger partial charge in [0.15, 0.2) is 0 Å². The fourth-order valence-corrected chi connectivity index (χ4v) is 4.49. The molecule has 0 N–H and O–H groups in total. The first-order chi connectivity index (χ1) is 18.6. The van der Waals surface area contributed by atoms with Crippen LogP contribution in [0.4, 0.5) is 0 Å². The van der Waals surface area contributed by atoms with E-state index >= 15 is 0 Å². The molecule has 7 heteroatoms. The van der Waals surface area contributed by atoms with Gasteiger partial charge in [-0.15, -0.1) is 0 Å². The van der Waals surface area contributed by atoms with Gasteiger partial charge in [-0.1, -0.05) is 51.9 Å². The van der Waals surface area contributed by atoms with Gasteiger partial charge in [0.25, 0.3) is 0 Å². The van der Waals surface area contributed by atoms with Gasteiger partial charge in [-0.2, -0.15) is 0 Å². The first-order valence-electron chi connectivity index (χ1n) is 14.3. The molecule has 0 amide bonds. The number of methoxy groups -OCH3 is 1. The summed E-state index contributed by atoms with van der Waals surface area (Å²) in [5, 5.41) is 1.93. The number of hydrogen-bond acceptors (Lipinski definition) is 7. The van der Waals surface area contributed by atoms with Crippen LogP contribution in [-0.2, 0) is 14.2 Å². The van der Waals surface area contributed by atoms with Crippen molar-refractivity contribution in [1.82, 2.24) is 9.97 Å². The number of aromatic nitrogens is 2. The quantitative estimate of drug-likeness (QED) is 0.116. The number of unbranched alkanes of at least 4 members (excludes halogenated alkanes) is 7. The third-order valence-electron chi connectivity index (χ3n) is 6.48. The third kappa shape index (κ3) is 9.68. The van der Waals surface area contributed by atoms with E-state index in [1.165, 1.54) is 44.9 Å². The Bertz CT molecular complexity index is 1020. The van der Waals surface area contributed by atoms with Crippen LogP contribution < -0.4 is 9.47 Å². The van der Waals surface area contributed by atoms with Gasteiger partial charge in [0.2, 0.25) is 0 Å². The minimum Gasteiger partial charge on any atom is -0.493 e. The van der Waals surface area contributed by atoms with Crippen LogP contribution in [0.5, 0.6) is 11.5 Å². The summed E-state index contributed by atoms with van der Waals surface area (Å²) >= 11 is 0. The lowest BCUT2D eigenvalue weighted by atomic mass is 10.1. The first-order valence-corrected chi connectivity index (χ1v) is 14.3. The topological polar surface area (TPSA) is 71.9 Å². The maximum absolute atomic E-state index is 6.26. The normalized spacial score (nSPS) is 11.5. The van der Waals surface area contributed by atoms with Crippen LogP contribution in [0.25, 0.3) is 21.8 Å². The summed E-state index contributed by atoms with van der Waals surface area (Å²) in [5.41, 5.74) is 3.50. The van der Waals surface area contributed by atoms with Crippen LogP contribution in [0.2, 0.25) is 0 Å². The molecular weight excluding hydrogens is 480 g/mol. The molecule has 38 heavy (non-hydrogen) atoms. The number of benzene rings is 1. The smallest absolute Gasteiger partial charge is 0.130 e. The van der Waals surface area contributed by atoms with Gasteiger partial charge >= 0.3 is 0 Å². The van der Waals surface area contributed by atoms with Crippen molar-refractivity contribution in [2.45, 2.75) is 72.1 Å². The number of rotatable bonds is 20. The summed E-state index contributed by atoms with van der Waals surface area (Å²) in [6.45, 7) is 10.1. The molecule has 210 valence electrons. The maximum Gasteiger partial charge on any atom is 0.130 e. The average Bonchev–Trinajstić information content (AvgIpc) is 2.91. The monoisotopic (exact) mass is 526 g/mol. The zero-order chi connectivity index (χ0) is 27.0. The Morgan fingerprint density at radius 1 is 0.579 bits per heavy atom. The van der Waals surface area contributed by atoms with E-state index in [0.29, 0.717) is 39.6 Å². The summed E-state index contributed by atoms with van der Waals surface area (Å²) in [5.74, 6) is 1.67. The molecule has 0 saturated heterocycles. The Kier molecular flexibility index (Phi) is 13.6. The van der Waals surface area contributed by atoms with Crippen molar-refractivity contribution >= 4 is 21.8 Å². The van der Waals surface area contributed by atoms with Crippen LogP contribution in [0.3, 0.4) is 0 Å². The van der Waals surface area contributed by atoms with E-state index in [2.05, 4.69) is 19.1 Å². The summed E-state index contributed by atoms with van der Waals surface area (Å²) in [4.78, 5) is 9.68. The molecule has 2 heterocycles. The molecule has 0 spiro atoms. The van der Waals surface area contributed by atoms with E-state index in [1.807, 2.05) is 26.0 Å². The largest absolute Gasteiger partial charge is 0.493 e. The summed E-state index contributed by atoms with van der Waals surface area (Å²) in [6.07, 6.45) is 10.3. The molecule has 7 nitrogen and oxygen atoms in total. The van der Waals surface area contributed by atoms with Gasteiger partial charge in [-0.05, 0) is 32.4 Å². The van der Waals surface area contributed by atoms with Crippen LogP contribution >= 0.6 is 0 Å². The number of pyridine rings is 2. The zero-order valence-corrected chi connectivity index (χ0v) is 23.9. The first kappa shape index (κ1) is 30.1. The van der Waals surface area contributed by atoms with Crippen LogP contribution in [0.1, 0.15) is 69.7 Å². The van der Waals surface area contributed by atoms with Crippen molar-refractivity contribution in [2.75, 3.05) is 53.4 Å². The molecule has 1 aromatic carbocycles. The van der Waals surface area contributed by atoms with Crippen molar-refractivity contribution < 1.29 is 23.7 Å². The van der Waals surface area contributed by atoms with Gasteiger partial charge in [-0.25, -0.2) is 0 Å². The molecule has 0 atom stereocenters. The van der Waals surface area contributed by atoms with Crippen molar-refractivity contribution in [1.29, 1.82) is 0 Å². The maximum atomic E-state index is 6.26. The number of ether oxygens (including phenoxy) is 5. The van der Waals surface area contributed by atoms with Crippen molar-refractivity contribution in [3.8, 4) is 11.5 Å². The Balaban J connectivity index is 1.59. The molecule has 0 aliphatic rings. The minimum absolute atomic E-state index is 0.447. The predicted molar refractivity (Wildman–Crippen MR) is 154 cm³/mol. The highest BCUT2D eigenvalue weighted by Gasteiger charge is 2.14. The van der Waals surface area contributed by atoms with Crippen molar-refractivity contribution in [2.24, 2.45) is 0 Å². The van der Waals surface area contributed by atoms with E-state index in [-0.39, 0.29) is 0 Å². The lowest BCUT2D eigenvalue weighted by Crippen LogP contribution is -2.12. The van der Waals surface area contributed by atoms with Gasteiger partial charge in [0, 0.05) is 41.4 Å². The second-order valence-corrected chi connectivity index (χ2v) is 9.77. The highest BCUT2D eigenvalue weighted by Crippen LogP contribution is 2.34. The van der Waals surface area contributed by atoms with Crippen molar-refractivity contribution in [3.63, 3.8) is 0 Å². The van der Waals surface area contributed by atoms with Gasteiger partial charge < -0.3 is 23.7 Å². The van der Waals surface area contributed by atoms with E-state index < -0.39 is 0 Å². The number of nitrogens with zero attached hydrogens (tertiary/aromatic N) is 2.